The van der Waals surface area contributed by atoms with Crippen molar-refractivity contribution in [2.24, 2.45) is 0 Å². The Labute approximate surface area is 102 Å². The van der Waals surface area contributed by atoms with Crippen LogP contribution in [0.1, 0.15) is 13.3 Å². The fourth-order valence-corrected chi connectivity index (χ4v) is 1.97. The molecule has 1 N–H and O–H groups in total. The van der Waals surface area contributed by atoms with Gasteiger partial charge in [-0.2, -0.15) is 0 Å². The van der Waals surface area contributed by atoms with Crippen molar-refractivity contribution in [3.05, 3.63) is 24.6 Å². The van der Waals surface area contributed by atoms with E-state index in [0.717, 1.165) is 42.8 Å². The number of nitrogens with zero attached hydrogens (tertiary/aromatic N) is 2. The van der Waals surface area contributed by atoms with Gasteiger partial charge >= 0.3 is 0 Å². The molecule has 92 valence electrons. The lowest BCUT2D eigenvalue weighted by Crippen LogP contribution is -2.32. The second-order valence-corrected chi connectivity index (χ2v) is 4.06. The number of fused-ring (bicyclic) bond motifs is 1. The Kier molecular flexibility index (Phi) is 3.98. The van der Waals surface area contributed by atoms with Crippen LogP contribution >= 0.6 is 0 Å². The van der Waals surface area contributed by atoms with Crippen LogP contribution in [-0.4, -0.2) is 31.7 Å². The summed E-state index contributed by atoms with van der Waals surface area (Å²) in [6.07, 6.45) is 4.64. The van der Waals surface area contributed by atoms with Crippen molar-refractivity contribution in [2.45, 2.75) is 13.3 Å². The molecule has 0 saturated heterocycles. The first kappa shape index (κ1) is 11.9. The van der Waals surface area contributed by atoms with Crippen LogP contribution in [-0.2, 0) is 0 Å². The first-order valence-electron chi connectivity index (χ1n) is 6.08. The van der Waals surface area contributed by atoms with Crippen molar-refractivity contribution in [1.29, 1.82) is 0 Å². The fraction of sp³-hybridized carbons (Fsp3) is 0.462. The van der Waals surface area contributed by atoms with E-state index in [1.807, 2.05) is 25.4 Å². The maximum Gasteiger partial charge on any atom is 0.139 e. The molecule has 0 aliphatic heterocycles. The van der Waals surface area contributed by atoms with Gasteiger partial charge < -0.3 is 14.6 Å². The van der Waals surface area contributed by atoms with Gasteiger partial charge in [-0.05, 0) is 25.6 Å². The van der Waals surface area contributed by atoms with Gasteiger partial charge in [0.1, 0.15) is 11.4 Å². The number of aromatic nitrogens is 1. The number of rotatable bonds is 6. The van der Waals surface area contributed by atoms with Gasteiger partial charge in [0.25, 0.3) is 0 Å². The number of hydrogen-bond acceptors (Lipinski definition) is 4. The van der Waals surface area contributed by atoms with Crippen LogP contribution in [0.25, 0.3) is 11.0 Å². The molecule has 0 aliphatic carbocycles. The van der Waals surface area contributed by atoms with Crippen LogP contribution in [0.2, 0.25) is 0 Å². The Morgan fingerprint density at radius 2 is 2.24 bits per heavy atom. The third kappa shape index (κ3) is 2.58. The first-order valence-corrected chi connectivity index (χ1v) is 6.08. The monoisotopic (exact) mass is 233 g/mol. The smallest absolute Gasteiger partial charge is 0.139 e. The molecule has 0 amide bonds. The molecule has 0 bridgehead atoms. The highest BCUT2D eigenvalue weighted by molar-refractivity contribution is 5.88. The molecule has 0 saturated carbocycles. The molecule has 0 atom stereocenters. The number of pyridine rings is 1. The van der Waals surface area contributed by atoms with Gasteiger partial charge in [0.05, 0.1) is 11.6 Å². The molecule has 2 aromatic rings. The van der Waals surface area contributed by atoms with Gasteiger partial charge in [0.2, 0.25) is 0 Å². The zero-order valence-corrected chi connectivity index (χ0v) is 10.4. The zero-order valence-electron chi connectivity index (χ0n) is 10.4. The Balaban J connectivity index is 2.30. The lowest BCUT2D eigenvalue weighted by Gasteiger charge is -2.23. The molecular weight excluding hydrogens is 214 g/mol. The van der Waals surface area contributed by atoms with E-state index in [9.17, 15) is 0 Å². The summed E-state index contributed by atoms with van der Waals surface area (Å²) in [4.78, 5) is 6.79. The van der Waals surface area contributed by atoms with E-state index in [-0.39, 0.29) is 0 Å². The van der Waals surface area contributed by atoms with E-state index in [0.29, 0.717) is 0 Å². The van der Waals surface area contributed by atoms with E-state index < -0.39 is 0 Å². The fourth-order valence-electron chi connectivity index (χ4n) is 1.97. The molecule has 4 nitrogen and oxygen atoms in total. The van der Waals surface area contributed by atoms with Crippen molar-refractivity contribution in [2.75, 3.05) is 31.6 Å². The minimum absolute atomic E-state index is 0.903. The molecule has 0 unspecified atom stereocenters. The molecule has 17 heavy (non-hydrogen) atoms. The normalized spacial score (nSPS) is 10.9. The predicted octanol–water partition coefficient (Wildman–Crippen LogP) is 2.26. The third-order valence-corrected chi connectivity index (χ3v) is 2.78. The van der Waals surface area contributed by atoms with Crippen molar-refractivity contribution in [1.82, 2.24) is 10.3 Å². The summed E-state index contributed by atoms with van der Waals surface area (Å²) in [7, 11) is 1.97. The van der Waals surface area contributed by atoms with Crippen molar-refractivity contribution in [3.8, 4) is 0 Å². The second-order valence-electron chi connectivity index (χ2n) is 4.06. The zero-order chi connectivity index (χ0) is 12.1. The predicted molar refractivity (Wildman–Crippen MR) is 70.4 cm³/mol. The van der Waals surface area contributed by atoms with E-state index in [1.165, 1.54) is 0 Å². The van der Waals surface area contributed by atoms with Crippen LogP contribution in [0, 0.1) is 0 Å². The number of likely N-dealkylation sites (N-methyl/N-ethyl adjacent to an activating group) is 1. The molecule has 0 spiro atoms. The molecule has 0 fully saturated rings. The number of furan rings is 1. The Hall–Kier alpha value is -1.55. The van der Waals surface area contributed by atoms with E-state index in [4.69, 9.17) is 4.42 Å². The van der Waals surface area contributed by atoms with Crippen molar-refractivity contribution < 1.29 is 4.42 Å². The van der Waals surface area contributed by atoms with Crippen LogP contribution < -0.4 is 10.2 Å². The largest absolute Gasteiger partial charge is 0.464 e. The molecular formula is C13H19N3O. The standard InChI is InChI=1S/C13H19N3O/c1-3-8-16(9-7-14-2)13-11-5-10-17-12(11)4-6-15-13/h4-6,10,14H,3,7-9H2,1-2H3. The lowest BCUT2D eigenvalue weighted by molar-refractivity contribution is 0.615. The minimum atomic E-state index is 0.903. The van der Waals surface area contributed by atoms with Crippen molar-refractivity contribution in [3.63, 3.8) is 0 Å². The van der Waals surface area contributed by atoms with Gasteiger partial charge in [-0.3, -0.25) is 0 Å². The summed E-state index contributed by atoms with van der Waals surface area (Å²) >= 11 is 0. The van der Waals surface area contributed by atoms with Crippen LogP contribution in [0.3, 0.4) is 0 Å². The summed E-state index contributed by atoms with van der Waals surface area (Å²) in [5, 5.41) is 4.27. The van der Waals surface area contributed by atoms with E-state index in [1.54, 1.807) is 6.26 Å². The Morgan fingerprint density at radius 3 is 3.00 bits per heavy atom. The molecule has 2 aromatic heterocycles. The maximum absolute atomic E-state index is 5.41. The summed E-state index contributed by atoms with van der Waals surface area (Å²) in [5.41, 5.74) is 0.903. The number of anilines is 1. The quantitative estimate of drug-likeness (QED) is 0.831. The van der Waals surface area contributed by atoms with Gasteiger partial charge in [-0.25, -0.2) is 4.98 Å². The molecule has 2 heterocycles. The molecule has 2 rings (SSSR count). The van der Waals surface area contributed by atoms with Gasteiger partial charge in [-0.15, -0.1) is 0 Å². The van der Waals surface area contributed by atoms with Crippen LogP contribution in [0.5, 0.6) is 0 Å². The van der Waals surface area contributed by atoms with Crippen molar-refractivity contribution >= 4 is 16.8 Å². The average Bonchev–Trinajstić information content (AvgIpc) is 2.82. The van der Waals surface area contributed by atoms with Gasteiger partial charge in [0.15, 0.2) is 0 Å². The summed E-state index contributed by atoms with van der Waals surface area (Å²) in [6, 6.07) is 3.89. The molecule has 0 radical (unpaired) electrons. The van der Waals surface area contributed by atoms with E-state index >= 15 is 0 Å². The highest BCUT2D eigenvalue weighted by Crippen LogP contribution is 2.25. The molecule has 4 heteroatoms. The Morgan fingerprint density at radius 1 is 1.35 bits per heavy atom. The number of hydrogen-bond donors (Lipinski definition) is 1. The lowest BCUT2D eigenvalue weighted by atomic mass is 10.2. The van der Waals surface area contributed by atoms with Gasteiger partial charge in [0, 0.05) is 25.8 Å². The second kappa shape index (κ2) is 5.68. The summed E-state index contributed by atoms with van der Waals surface area (Å²) < 4.78 is 5.41. The average molecular weight is 233 g/mol. The topological polar surface area (TPSA) is 41.3 Å². The van der Waals surface area contributed by atoms with E-state index in [2.05, 4.69) is 22.1 Å². The molecule has 0 aromatic carbocycles. The third-order valence-electron chi connectivity index (χ3n) is 2.78. The first-order chi connectivity index (χ1) is 8.36. The summed E-state index contributed by atoms with van der Waals surface area (Å²) in [5.74, 6) is 1.02. The maximum atomic E-state index is 5.41. The van der Waals surface area contributed by atoms with Crippen LogP contribution in [0.4, 0.5) is 5.82 Å². The highest BCUT2D eigenvalue weighted by Gasteiger charge is 2.11. The minimum Gasteiger partial charge on any atom is -0.464 e. The summed E-state index contributed by atoms with van der Waals surface area (Å²) in [6.45, 7) is 5.11. The SMILES string of the molecule is CCCN(CCNC)c1nccc2occc12. The van der Waals surface area contributed by atoms with Gasteiger partial charge in [-0.1, -0.05) is 6.92 Å². The molecule has 0 aliphatic rings. The Bertz CT molecular complexity index is 466. The number of nitrogens with one attached hydrogen (secondary N) is 1. The highest BCUT2D eigenvalue weighted by atomic mass is 16.3. The van der Waals surface area contributed by atoms with Crippen LogP contribution in [0.15, 0.2) is 29.0 Å².